The van der Waals surface area contributed by atoms with E-state index >= 15 is 0 Å². The fourth-order valence-electron chi connectivity index (χ4n) is 2.63. The highest BCUT2D eigenvalue weighted by Gasteiger charge is 2.20. The van der Waals surface area contributed by atoms with Gasteiger partial charge in [0.1, 0.15) is 35.6 Å². The first-order valence-electron chi connectivity index (χ1n) is 8.31. The number of carboxylic acids is 1. The van der Waals surface area contributed by atoms with Crippen molar-refractivity contribution in [3.05, 3.63) is 53.9 Å². The van der Waals surface area contributed by atoms with Gasteiger partial charge in [0.15, 0.2) is 11.4 Å². The molecule has 3 N–H and O–H groups in total. The summed E-state index contributed by atoms with van der Waals surface area (Å²) in [5, 5.41) is 31.1. The lowest BCUT2D eigenvalue weighted by Crippen LogP contribution is -2.30. The topological polar surface area (TPSA) is 142 Å². The number of carboxylic acid groups (broad SMARTS) is 1. The molecule has 1 amide bonds. The van der Waals surface area contributed by atoms with Gasteiger partial charge in [0.05, 0.1) is 7.11 Å². The van der Waals surface area contributed by atoms with Crippen LogP contribution in [0.3, 0.4) is 0 Å². The lowest BCUT2D eigenvalue weighted by molar-refractivity contribution is -0.135. The fourth-order valence-corrected chi connectivity index (χ4v) is 2.63. The van der Waals surface area contributed by atoms with Crippen LogP contribution in [0, 0.1) is 11.3 Å². The van der Waals surface area contributed by atoms with Crippen molar-refractivity contribution in [2.75, 3.05) is 13.7 Å². The van der Waals surface area contributed by atoms with Gasteiger partial charge in [-0.25, -0.2) is 4.98 Å². The minimum atomic E-state index is -1.25. The van der Waals surface area contributed by atoms with Gasteiger partial charge in [-0.05, 0) is 30.3 Å². The largest absolute Gasteiger partial charge is 0.505 e. The van der Waals surface area contributed by atoms with Gasteiger partial charge < -0.3 is 25.0 Å². The summed E-state index contributed by atoms with van der Waals surface area (Å²) in [5.41, 5.74) is -0.550. The summed E-state index contributed by atoms with van der Waals surface area (Å²) in [6, 6.07) is 13.4. The van der Waals surface area contributed by atoms with Crippen LogP contribution in [-0.2, 0) is 4.79 Å². The highest BCUT2D eigenvalue weighted by molar-refractivity contribution is 6.03. The van der Waals surface area contributed by atoms with Crippen molar-refractivity contribution in [1.82, 2.24) is 10.3 Å². The van der Waals surface area contributed by atoms with Gasteiger partial charge in [0.2, 0.25) is 0 Å². The van der Waals surface area contributed by atoms with Crippen LogP contribution in [0.5, 0.6) is 23.0 Å². The Kier molecular flexibility index (Phi) is 5.46. The summed E-state index contributed by atoms with van der Waals surface area (Å²) < 4.78 is 10.9. The van der Waals surface area contributed by atoms with Crippen molar-refractivity contribution in [2.24, 2.45) is 0 Å². The van der Waals surface area contributed by atoms with Gasteiger partial charge in [-0.3, -0.25) is 9.59 Å². The number of fused-ring (bicyclic) bond motifs is 1. The van der Waals surface area contributed by atoms with Crippen LogP contribution in [0.2, 0.25) is 0 Å². The number of pyridine rings is 1. The summed E-state index contributed by atoms with van der Waals surface area (Å²) >= 11 is 0. The molecule has 0 radical (unpaired) electrons. The number of ether oxygens (including phenoxy) is 2. The number of carbonyl (C=O) groups excluding carboxylic acids is 1. The average molecular weight is 393 g/mol. The number of aliphatic carboxylic acids is 1. The highest BCUT2D eigenvalue weighted by atomic mass is 16.5. The Hall–Kier alpha value is -4.32. The van der Waals surface area contributed by atoms with Crippen LogP contribution in [0.1, 0.15) is 16.2 Å². The second-order valence-corrected chi connectivity index (χ2v) is 5.83. The zero-order valence-electron chi connectivity index (χ0n) is 15.2. The lowest BCUT2D eigenvalue weighted by Gasteiger charge is -2.11. The SMILES string of the molecule is COc1cccc(Oc2ccc3c(O)c(C(=O)NCC(=O)O)nc(C#N)c3c2)c1. The van der Waals surface area contributed by atoms with E-state index in [0.29, 0.717) is 17.2 Å². The van der Waals surface area contributed by atoms with E-state index < -0.39 is 29.9 Å². The number of nitriles is 1. The normalized spacial score (nSPS) is 10.2. The molecular formula is C20H15N3O6. The van der Waals surface area contributed by atoms with Crippen LogP contribution in [0.4, 0.5) is 0 Å². The second-order valence-electron chi connectivity index (χ2n) is 5.83. The average Bonchev–Trinajstić information content (AvgIpc) is 2.72. The zero-order chi connectivity index (χ0) is 21.0. The van der Waals surface area contributed by atoms with Crippen molar-refractivity contribution in [1.29, 1.82) is 5.26 Å². The number of aromatic nitrogens is 1. The van der Waals surface area contributed by atoms with Gasteiger partial charge in [0.25, 0.3) is 5.91 Å². The number of rotatable bonds is 6. The molecule has 0 spiro atoms. The quantitative estimate of drug-likeness (QED) is 0.580. The first-order valence-corrected chi connectivity index (χ1v) is 8.31. The van der Waals surface area contributed by atoms with Crippen LogP contribution in [0.15, 0.2) is 42.5 Å². The molecule has 0 bridgehead atoms. The molecule has 9 nitrogen and oxygen atoms in total. The number of hydrogen-bond acceptors (Lipinski definition) is 7. The van der Waals surface area contributed by atoms with Gasteiger partial charge in [0, 0.05) is 16.8 Å². The molecule has 1 aromatic heterocycles. The zero-order valence-corrected chi connectivity index (χ0v) is 15.2. The van der Waals surface area contributed by atoms with E-state index in [9.17, 15) is 20.0 Å². The highest BCUT2D eigenvalue weighted by Crippen LogP contribution is 2.34. The number of amides is 1. The second kappa shape index (κ2) is 8.14. The third kappa shape index (κ3) is 4.17. The number of methoxy groups -OCH3 is 1. The fraction of sp³-hybridized carbons (Fsp3) is 0.100. The summed E-state index contributed by atoms with van der Waals surface area (Å²) in [7, 11) is 1.53. The number of nitrogens with zero attached hydrogens (tertiary/aromatic N) is 2. The number of benzene rings is 2. The number of aromatic hydroxyl groups is 1. The Morgan fingerprint density at radius 3 is 2.55 bits per heavy atom. The first kappa shape index (κ1) is 19.4. The maximum atomic E-state index is 12.1. The van der Waals surface area contributed by atoms with E-state index in [2.05, 4.69) is 10.3 Å². The Balaban J connectivity index is 2.00. The van der Waals surface area contributed by atoms with E-state index in [0.717, 1.165) is 0 Å². The Morgan fingerprint density at radius 2 is 1.86 bits per heavy atom. The predicted octanol–water partition coefficient (Wildman–Crippen LogP) is 2.43. The van der Waals surface area contributed by atoms with E-state index in [1.807, 2.05) is 6.07 Å². The number of hydrogen-bond donors (Lipinski definition) is 3. The van der Waals surface area contributed by atoms with Gasteiger partial charge in [-0.15, -0.1) is 0 Å². The molecule has 3 rings (SSSR count). The van der Waals surface area contributed by atoms with Crippen molar-refractivity contribution >= 4 is 22.6 Å². The summed E-state index contributed by atoms with van der Waals surface area (Å²) in [4.78, 5) is 26.6. The predicted molar refractivity (Wildman–Crippen MR) is 101 cm³/mol. The molecule has 0 saturated carbocycles. The third-order valence-electron chi connectivity index (χ3n) is 3.95. The van der Waals surface area contributed by atoms with Crippen LogP contribution in [-0.4, -0.2) is 40.7 Å². The molecule has 2 aromatic carbocycles. The molecule has 0 aliphatic heterocycles. The maximum absolute atomic E-state index is 12.1. The minimum absolute atomic E-state index is 0.116. The molecule has 3 aromatic rings. The van der Waals surface area contributed by atoms with Crippen molar-refractivity contribution in [3.63, 3.8) is 0 Å². The lowest BCUT2D eigenvalue weighted by atomic mass is 10.1. The standard InChI is InChI=1S/C20H15N3O6/c1-28-11-3-2-4-12(7-11)29-13-5-6-14-15(8-13)16(9-21)23-18(19(14)26)20(27)22-10-17(24)25/h2-8,26H,10H2,1H3,(H,22,27)(H,24,25). The van der Waals surface area contributed by atoms with Crippen molar-refractivity contribution < 1.29 is 29.3 Å². The molecular weight excluding hydrogens is 378 g/mol. The molecule has 146 valence electrons. The monoisotopic (exact) mass is 393 g/mol. The van der Waals surface area contributed by atoms with E-state index in [1.165, 1.54) is 19.2 Å². The molecule has 0 saturated heterocycles. The molecule has 0 aliphatic rings. The summed E-state index contributed by atoms with van der Waals surface area (Å²) in [6.45, 7) is -0.646. The van der Waals surface area contributed by atoms with Gasteiger partial charge >= 0.3 is 5.97 Å². The minimum Gasteiger partial charge on any atom is -0.505 e. The molecule has 9 heteroatoms. The number of nitrogens with one attached hydrogen (secondary N) is 1. The first-order chi connectivity index (χ1) is 13.9. The maximum Gasteiger partial charge on any atom is 0.322 e. The number of carbonyl (C=O) groups is 2. The summed E-state index contributed by atoms with van der Waals surface area (Å²) in [5.74, 6) is -1.12. The van der Waals surface area contributed by atoms with Crippen LogP contribution < -0.4 is 14.8 Å². The van der Waals surface area contributed by atoms with E-state index in [4.69, 9.17) is 14.6 Å². The Bertz CT molecular complexity index is 1150. The summed E-state index contributed by atoms with van der Waals surface area (Å²) in [6.07, 6.45) is 0. The third-order valence-corrected chi connectivity index (χ3v) is 3.95. The van der Waals surface area contributed by atoms with Gasteiger partial charge in [-0.2, -0.15) is 5.26 Å². The smallest absolute Gasteiger partial charge is 0.322 e. The Morgan fingerprint density at radius 1 is 1.14 bits per heavy atom. The van der Waals surface area contributed by atoms with Crippen molar-refractivity contribution in [3.8, 4) is 29.1 Å². The molecule has 0 fully saturated rings. The molecule has 29 heavy (non-hydrogen) atoms. The molecule has 1 heterocycles. The van der Waals surface area contributed by atoms with E-state index in [-0.39, 0.29) is 16.5 Å². The van der Waals surface area contributed by atoms with Crippen molar-refractivity contribution in [2.45, 2.75) is 0 Å². The van der Waals surface area contributed by atoms with Gasteiger partial charge in [-0.1, -0.05) is 6.07 Å². The Labute approximate surface area is 164 Å². The molecule has 0 atom stereocenters. The molecule has 0 aliphatic carbocycles. The van der Waals surface area contributed by atoms with Crippen LogP contribution in [0.25, 0.3) is 10.8 Å². The molecule has 0 unspecified atom stereocenters. The van der Waals surface area contributed by atoms with Crippen LogP contribution >= 0.6 is 0 Å². The van der Waals surface area contributed by atoms with E-state index in [1.54, 1.807) is 30.3 Å².